The molecule has 0 aliphatic carbocycles. The maximum atomic E-state index is 4.73. The highest BCUT2D eigenvalue weighted by Gasteiger charge is 2.22. The molecule has 4 heteroatoms. The monoisotopic (exact) mass is 281 g/mol. The fourth-order valence-corrected chi connectivity index (χ4v) is 3.56. The minimum Gasteiger partial charge on any atom is -0.310 e. The fourth-order valence-electron chi connectivity index (χ4n) is 2.80. The van der Waals surface area contributed by atoms with Gasteiger partial charge in [-0.25, -0.2) is 4.98 Å². The van der Waals surface area contributed by atoms with Gasteiger partial charge in [-0.1, -0.05) is 20.3 Å². The van der Waals surface area contributed by atoms with Gasteiger partial charge in [0.05, 0.1) is 5.69 Å². The van der Waals surface area contributed by atoms with E-state index in [0.29, 0.717) is 0 Å². The van der Waals surface area contributed by atoms with Gasteiger partial charge in [0, 0.05) is 25.0 Å². The Balaban J connectivity index is 1.74. The molecule has 0 amide bonds. The molecule has 108 valence electrons. The van der Waals surface area contributed by atoms with Crippen LogP contribution < -0.4 is 5.32 Å². The van der Waals surface area contributed by atoms with Crippen LogP contribution in [0, 0.1) is 5.92 Å². The molecule has 0 saturated carbocycles. The lowest BCUT2D eigenvalue weighted by Crippen LogP contribution is -2.20. The molecule has 1 aliphatic rings. The second kappa shape index (κ2) is 7.98. The Morgan fingerprint density at radius 2 is 2.32 bits per heavy atom. The van der Waals surface area contributed by atoms with Gasteiger partial charge in [0.25, 0.3) is 0 Å². The second-order valence-corrected chi connectivity index (χ2v) is 6.53. The van der Waals surface area contributed by atoms with Crippen molar-refractivity contribution in [2.45, 2.75) is 52.6 Å². The van der Waals surface area contributed by atoms with E-state index in [9.17, 15) is 0 Å². The third-order valence-corrected chi connectivity index (χ3v) is 4.65. The molecule has 0 spiro atoms. The third-order valence-electron chi connectivity index (χ3n) is 3.75. The highest BCUT2D eigenvalue weighted by molar-refractivity contribution is 7.09. The van der Waals surface area contributed by atoms with Crippen molar-refractivity contribution in [2.75, 3.05) is 19.6 Å². The van der Waals surface area contributed by atoms with E-state index in [0.717, 1.165) is 25.6 Å². The number of aromatic nitrogens is 1. The first kappa shape index (κ1) is 14.9. The standard InChI is InChI=1S/C15H27N3S/c1-3-5-13-6-8-18(10-13)11-14-12-19-15(17-14)9-16-7-4-2/h12-13,16H,3-11H2,1-2H3. The van der Waals surface area contributed by atoms with Gasteiger partial charge in [0.15, 0.2) is 0 Å². The number of thiazole rings is 1. The maximum absolute atomic E-state index is 4.73. The first-order valence-corrected chi connectivity index (χ1v) is 8.56. The van der Waals surface area contributed by atoms with Gasteiger partial charge in [-0.05, 0) is 38.3 Å². The van der Waals surface area contributed by atoms with E-state index in [-0.39, 0.29) is 0 Å². The normalized spacial score (nSPS) is 20.2. The van der Waals surface area contributed by atoms with Crippen LogP contribution in [0.15, 0.2) is 5.38 Å². The van der Waals surface area contributed by atoms with E-state index in [1.54, 1.807) is 11.3 Å². The quantitative estimate of drug-likeness (QED) is 0.741. The van der Waals surface area contributed by atoms with E-state index in [4.69, 9.17) is 4.98 Å². The van der Waals surface area contributed by atoms with Crippen LogP contribution in [0.25, 0.3) is 0 Å². The van der Waals surface area contributed by atoms with Gasteiger partial charge in [-0.15, -0.1) is 11.3 Å². The second-order valence-electron chi connectivity index (χ2n) is 5.59. The van der Waals surface area contributed by atoms with Gasteiger partial charge in [-0.2, -0.15) is 0 Å². The Labute approximate surface area is 121 Å². The Bertz CT molecular complexity index is 364. The van der Waals surface area contributed by atoms with E-state index in [2.05, 4.69) is 29.4 Å². The summed E-state index contributed by atoms with van der Waals surface area (Å²) in [5, 5.41) is 6.88. The topological polar surface area (TPSA) is 28.2 Å². The molecule has 0 radical (unpaired) electrons. The lowest BCUT2D eigenvalue weighted by molar-refractivity contribution is 0.309. The van der Waals surface area contributed by atoms with Crippen LogP contribution >= 0.6 is 11.3 Å². The summed E-state index contributed by atoms with van der Waals surface area (Å²) in [5.41, 5.74) is 1.26. The van der Waals surface area contributed by atoms with Crippen LogP contribution in [-0.4, -0.2) is 29.5 Å². The van der Waals surface area contributed by atoms with Gasteiger partial charge in [-0.3, -0.25) is 4.90 Å². The minimum absolute atomic E-state index is 0.925. The summed E-state index contributed by atoms with van der Waals surface area (Å²) in [5.74, 6) is 0.925. The van der Waals surface area contributed by atoms with Crippen molar-refractivity contribution in [3.8, 4) is 0 Å². The van der Waals surface area contributed by atoms with Crippen molar-refractivity contribution >= 4 is 11.3 Å². The summed E-state index contributed by atoms with van der Waals surface area (Å²) in [6.07, 6.45) is 5.27. The molecular formula is C15H27N3S. The number of nitrogens with one attached hydrogen (secondary N) is 1. The first-order valence-electron chi connectivity index (χ1n) is 7.68. The summed E-state index contributed by atoms with van der Waals surface area (Å²) in [6.45, 7) is 10.1. The molecular weight excluding hydrogens is 254 g/mol. The Kier molecular flexibility index (Phi) is 6.28. The molecule has 3 nitrogen and oxygen atoms in total. The number of hydrogen-bond acceptors (Lipinski definition) is 4. The molecule has 1 aliphatic heterocycles. The molecule has 1 saturated heterocycles. The molecule has 1 N–H and O–H groups in total. The van der Waals surface area contributed by atoms with Gasteiger partial charge in [0.1, 0.15) is 5.01 Å². The summed E-state index contributed by atoms with van der Waals surface area (Å²) >= 11 is 1.79. The lowest BCUT2D eigenvalue weighted by atomic mass is 10.0. The fraction of sp³-hybridized carbons (Fsp3) is 0.800. The Morgan fingerprint density at radius 1 is 1.42 bits per heavy atom. The summed E-state index contributed by atoms with van der Waals surface area (Å²) in [4.78, 5) is 7.30. The average Bonchev–Trinajstić information content (AvgIpc) is 3.01. The van der Waals surface area contributed by atoms with Crippen LogP contribution in [0.2, 0.25) is 0 Å². The summed E-state index contributed by atoms with van der Waals surface area (Å²) < 4.78 is 0. The zero-order valence-electron chi connectivity index (χ0n) is 12.3. The van der Waals surface area contributed by atoms with Gasteiger partial charge in [0.2, 0.25) is 0 Å². The van der Waals surface area contributed by atoms with Crippen molar-refractivity contribution in [3.05, 3.63) is 16.1 Å². The molecule has 1 fully saturated rings. The van der Waals surface area contributed by atoms with Crippen LogP contribution in [-0.2, 0) is 13.1 Å². The van der Waals surface area contributed by atoms with Crippen LogP contribution in [0.1, 0.15) is 50.2 Å². The van der Waals surface area contributed by atoms with E-state index in [1.807, 2.05) is 0 Å². The number of rotatable bonds is 8. The SMILES string of the molecule is CCCNCc1nc(CN2CCC(CCC)C2)cs1. The van der Waals surface area contributed by atoms with Gasteiger partial charge < -0.3 is 5.32 Å². The van der Waals surface area contributed by atoms with Crippen LogP contribution in [0.3, 0.4) is 0 Å². The molecule has 1 unspecified atom stereocenters. The molecule has 0 aromatic carbocycles. The first-order chi connectivity index (χ1) is 9.31. The lowest BCUT2D eigenvalue weighted by Gasteiger charge is -2.14. The van der Waals surface area contributed by atoms with Crippen molar-refractivity contribution in [1.82, 2.24) is 15.2 Å². The number of nitrogens with zero attached hydrogens (tertiary/aromatic N) is 2. The summed E-state index contributed by atoms with van der Waals surface area (Å²) in [7, 11) is 0. The van der Waals surface area contributed by atoms with Crippen LogP contribution in [0.5, 0.6) is 0 Å². The number of likely N-dealkylation sites (tertiary alicyclic amines) is 1. The predicted molar refractivity (Wildman–Crippen MR) is 82.4 cm³/mol. The Hall–Kier alpha value is -0.450. The zero-order valence-corrected chi connectivity index (χ0v) is 13.1. The largest absolute Gasteiger partial charge is 0.310 e. The highest BCUT2D eigenvalue weighted by atomic mass is 32.1. The molecule has 2 rings (SSSR count). The summed E-state index contributed by atoms with van der Waals surface area (Å²) in [6, 6.07) is 0. The Morgan fingerprint density at radius 3 is 3.11 bits per heavy atom. The van der Waals surface area contributed by atoms with Crippen molar-refractivity contribution in [1.29, 1.82) is 0 Å². The van der Waals surface area contributed by atoms with Crippen LogP contribution in [0.4, 0.5) is 0 Å². The maximum Gasteiger partial charge on any atom is 0.107 e. The molecule has 1 atom stereocenters. The molecule has 0 bridgehead atoms. The molecule has 2 heterocycles. The molecule has 1 aromatic heterocycles. The van der Waals surface area contributed by atoms with Gasteiger partial charge >= 0.3 is 0 Å². The van der Waals surface area contributed by atoms with Crippen molar-refractivity contribution < 1.29 is 0 Å². The van der Waals surface area contributed by atoms with E-state index in [1.165, 1.54) is 49.5 Å². The average molecular weight is 281 g/mol. The highest BCUT2D eigenvalue weighted by Crippen LogP contribution is 2.22. The van der Waals surface area contributed by atoms with E-state index >= 15 is 0 Å². The third kappa shape index (κ3) is 4.86. The minimum atomic E-state index is 0.925. The molecule has 19 heavy (non-hydrogen) atoms. The van der Waals surface area contributed by atoms with Crippen molar-refractivity contribution in [3.63, 3.8) is 0 Å². The smallest absolute Gasteiger partial charge is 0.107 e. The van der Waals surface area contributed by atoms with E-state index < -0.39 is 0 Å². The predicted octanol–water partition coefficient (Wildman–Crippen LogP) is 3.26. The number of hydrogen-bond donors (Lipinski definition) is 1. The zero-order chi connectivity index (χ0) is 13.5. The molecule has 1 aromatic rings. The van der Waals surface area contributed by atoms with Crippen molar-refractivity contribution in [2.24, 2.45) is 5.92 Å².